The highest BCUT2D eigenvalue weighted by Gasteiger charge is 1.94. The molecule has 3 heteroatoms. The Hall–Kier alpha value is -0.260. The average Bonchev–Trinajstić information content (AvgIpc) is 1.89. The molecule has 0 N–H and O–H groups in total. The number of terminal acetylenes is 1. The third-order valence-corrected chi connectivity index (χ3v) is 1.33. The molecule has 0 saturated heterocycles. The van der Waals surface area contributed by atoms with Crippen molar-refractivity contribution in [3.63, 3.8) is 0 Å². The number of nitriles is 1. The third-order valence-electron chi connectivity index (χ3n) is 0.609. The Kier molecular flexibility index (Phi) is 5.70. The molecule has 0 amide bonds. The maximum Gasteiger partial charge on any atom is 0.169 e. The maximum absolute atomic E-state index is 8.07. The lowest BCUT2D eigenvalue weighted by Crippen LogP contribution is -2.01. The Morgan fingerprint density at radius 2 is 2.44 bits per heavy atom. The predicted molar refractivity (Wildman–Crippen MR) is 42.8 cm³/mol. The summed E-state index contributed by atoms with van der Waals surface area (Å²) in [6.07, 6.45) is 5.39. The van der Waals surface area contributed by atoms with Crippen LogP contribution in [-0.4, -0.2) is 10.7 Å². The predicted octanol–water partition coefficient (Wildman–Crippen LogP) is 1.31. The van der Waals surface area contributed by atoms with Crippen molar-refractivity contribution in [2.24, 2.45) is 0 Å². The molecule has 0 fully saturated rings. The van der Waals surface area contributed by atoms with Crippen LogP contribution in [0.2, 0.25) is 0 Å². The van der Waals surface area contributed by atoms with E-state index in [0.717, 1.165) is 0 Å². The van der Waals surface area contributed by atoms with Crippen molar-refractivity contribution < 1.29 is 4.74 Å². The lowest BCUT2D eigenvalue weighted by atomic mass is 10.5. The molecule has 0 spiro atoms. The quantitative estimate of drug-likeness (QED) is 0.320. The van der Waals surface area contributed by atoms with Crippen molar-refractivity contribution in [3.8, 4) is 18.4 Å². The van der Waals surface area contributed by atoms with Gasteiger partial charge in [0, 0.05) is 0 Å². The van der Waals surface area contributed by atoms with Crippen LogP contribution in [0.25, 0.3) is 0 Å². The van der Waals surface area contributed by atoms with Gasteiger partial charge < -0.3 is 4.74 Å². The summed E-state index contributed by atoms with van der Waals surface area (Å²) in [6.45, 7) is 0.425. The van der Waals surface area contributed by atoms with Gasteiger partial charge in [-0.1, -0.05) is 5.92 Å². The molecule has 0 aliphatic carbocycles. The molecule has 48 valence electrons. The molecular formula is C6H6INO. The van der Waals surface area contributed by atoms with Gasteiger partial charge in [-0.2, -0.15) is 5.26 Å². The van der Waals surface area contributed by atoms with Crippen molar-refractivity contribution in [2.75, 3.05) is 6.61 Å². The fraction of sp³-hybridized carbons (Fsp3) is 0.500. The van der Waals surface area contributed by atoms with Gasteiger partial charge in [0.25, 0.3) is 0 Å². The Labute approximate surface area is 68.3 Å². The molecule has 1 atom stereocenters. The van der Waals surface area contributed by atoms with Crippen molar-refractivity contribution in [3.05, 3.63) is 0 Å². The van der Waals surface area contributed by atoms with E-state index in [-0.39, 0.29) is 4.11 Å². The first-order chi connectivity index (χ1) is 4.31. The summed E-state index contributed by atoms with van der Waals surface area (Å²) >= 11 is 1.98. The molecule has 0 heterocycles. The number of nitrogens with zero attached hydrogens (tertiary/aromatic N) is 1. The minimum atomic E-state index is -0.198. The van der Waals surface area contributed by atoms with Gasteiger partial charge >= 0.3 is 0 Å². The second kappa shape index (κ2) is 5.87. The summed E-state index contributed by atoms with van der Waals surface area (Å²) in [5.74, 6) is 2.38. The van der Waals surface area contributed by atoms with E-state index >= 15 is 0 Å². The Balaban J connectivity index is 3.12. The van der Waals surface area contributed by atoms with Crippen molar-refractivity contribution in [1.82, 2.24) is 0 Å². The molecule has 0 radical (unpaired) electrons. The van der Waals surface area contributed by atoms with Crippen LogP contribution in [0.1, 0.15) is 6.42 Å². The van der Waals surface area contributed by atoms with E-state index in [1.807, 2.05) is 28.7 Å². The van der Waals surface area contributed by atoms with Gasteiger partial charge in [-0.15, -0.1) is 6.42 Å². The number of ether oxygens (including phenoxy) is 1. The van der Waals surface area contributed by atoms with Crippen LogP contribution < -0.4 is 0 Å². The van der Waals surface area contributed by atoms with Crippen LogP contribution >= 0.6 is 22.6 Å². The lowest BCUT2D eigenvalue weighted by Gasteiger charge is -1.99. The SMILES string of the molecule is C#CC(I)OCCC#N. The first-order valence-corrected chi connectivity index (χ1v) is 3.64. The summed E-state index contributed by atoms with van der Waals surface area (Å²) in [4.78, 5) is 0. The first-order valence-electron chi connectivity index (χ1n) is 2.40. The van der Waals surface area contributed by atoms with E-state index in [1.54, 1.807) is 0 Å². The van der Waals surface area contributed by atoms with Gasteiger partial charge in [0.15, 0.2) is 4.11 Å². The van der Waals surface area contributed by atoms with Gasteiger partial charge in [-0.05, 0) is 22.6 Å². The molecule has 1 unspecified atom stereocenters. The van der Waals surface area contributed by atoms with Gasteiger partial charge in [-0.3, -0.25) is 0 Å². The summed E-state index contributed by atoms with van der Waals surface area (Å²) in [7, 11) is 0. The zero-order chi connectivity index (χ0) is 7.11. The molecule has 0 aromatic heterocycles. The van der Waals surface area contributed by atoms with Crippen molar-refractivity contribution in [2.45, 2.75) is 10.5 Å². The molecule has 0 aromatic rings. The van der Waals surface area contributed by atoms with Crippen molar-refractivity contribution in [1.29, 1.82) is 5.26 Å². The van der Waals surface area contributed by atoms with Gasteiger partial charge in [0.05, 0.1) is 19.1 Å². The number of hydrogen-bond donors (Lipinski definition) is 0. The van der Waals surface area contributed by atoms with Crippen LogP contribution in [0.5, 0.6) is 0 Å². The maximum atomic E-state index is 8.07. The summed E-state index contributed by atoms with van der Waals surface area (Å²) < 4.78 is 4.76. The Morgan fingerprint density at radius 3 is 2.89 bits per heavy atom. The molecule has 0 aliphatic rings. The molecule has 0 aliphatic heterocycles. The summed E-state index contributed by atoms with van der Waals surface area (Å²) in [5.41, 5.74) is 0. The van der Waals surface area contributed by atoms with Crippen molar-refractivity contribution >= 4 is 22.6 Å². The molecule has 0 saturated carbocycles. The van der Waals surface area contributed by atoms with E-state index in [4.69, 9.17) is 16.4 Å². The molecule has 9 heavy (non-hydrogen) atoms. The number of hydrogen-bond acceptors (Lipinski definition) is 2. The minimum Gasteiger partial charge on any atom is -0.355 e. The normalized spacial score (nSPS) is 11.4. The van der Waals surface area contributed by atoms with Gasteiger partial charge in [-0.25, -0.2) is 0 Å². The largest absolute Gasteiger partial charge is 0.355 e. The minimum absolute atomic E-state index is 0.198. The first kappa shape index (κ1) is 8.74. The van der Waals surface area contributed by atoms with Crippen LogP contribution in [0.3, 0.4) is 0 Å². The topological polar surface area (TPSA) is 33.0 Å². The third kappa shape index (κ3) is 5.61. The fourth-order valence-electron chi connectivity index (χ4n) is 0.256. The second-order valence-corrected chi connectivity index (χ2v) is 2.39. The molecule has 0 aromatic carbocycles. The molecule has 2 nitrogen and oxygen atoms in total. The van der Waals surface area contributed by atoms with Gasteiger partial charge in [0.1, 0.15) is 0 Å². The van der Waals surface area contributed by atoms with Crippen LogP contribution in [0.15, 0.2) is 0 Å². The van der Waals surface area contributed by atoms with E-state index in [2.05, 4.69) is 5.92 Å². The Bertz CT molecular complexity index is 144. The average molecular weight is 235 g/mol. The fourth-order valence-corrected chi connectivity index (χ4v) is 0.510. The highest BCUT2D eigenvalue weighted by molar-refractivity contribution is 14.1. The number of alkyl halides is 1. The summed E-state index contributed by atoms with van der Waals surface area (Å²) in [5, 5.41) is 8.07. The molecular weight excluding hydrogens is 229 g/mol. The van der Waals surface area contributed by atoms with E-state index < -0.39 is 0 Å². The second-order valence-electron chi connectivity index (χ2n) is 1.26. The molecule has 0 bridgehead atoms. The number of halogens is 1. The monoisotopic (exact) mass is 235 g/mol. The van der Waals surface area contributed by atoms with E-state index in [9.17, 15) is 0 Å². The lowest BCUT2D eigenvalue weighted by molar-refractivity contribution is 0.161. The standard InChI is InChI=1S/C6H6INO/c1-2-6(7)9-5-3-4-8/h1,6H,3,5H2. The molecule has 0 rings (SSSR count). The summed E-state index contributed by atoms with van der Waals surface area (Å²) in [6, 6.07) is 1.95. The highest BCUT2D eigenvalue weighted by atomic mass is 127. The smallest absolute Gasteiger partial charge is 0.169 e. The van der Waals surface area contributed by atoms with E-state index in [1.165, 1.54) is 0 Å². The van der Waals surface area contributed by atoms with Crippen LogP contribution in [0, 0.1) is 23.7 Å². The van der Waals surface area contributed by atoms with E-state index in [0.29, 0.717) is 13.0 Å². The Morgan fingerprint density at radius 1 is 1.78 bits per heavy atom. The highest BCUT2D eigenvalue weighted by Crippen LogP contribution is 1.99. The zero-order valence-electron chi connectivity index (χ0n) is 4.80. The van der Waals surface area contributed by atoms with Gasteiger partial charge in [0.2, 0.25) is 0 Å². The zero-order valence-corrected chi connectivity index (χ0v) is 6.96. The number of rotatable bonds is 3. The van der Waals surface area contributed by atoms with Crippen LogP contribution in [0.4, 0.5) is 0 Å². The van der Waals surface area contributed by atoms with Crippen LogP contribution in [-0.2, 0) is 4.74 Å².